The largest absolute Gasteiger partial charge is 0.394 e. The Morgan fingerprint density at radius 1 is 1.26 bits per heavy atom. The third kappa shape index (κ3) is 4.92. The molecule has 0 radical (unpaired) electrons. The fourth-order valence-electron chi connectivity index (χ4n) is 7.21. The number of nitrogens with two attached hydrogens (primary N) is 1. The van der Waals surface area contributed by atoms with Crippen molar-refractivity contribution in [1.82, 2.24) is 14.5 Å². The summed E-state index contributed by atoms with van der Waals surface area (Å²) < 4.78 is 9.07. The van der Waals surface area contributed by atoms with Gasteiger partial charge in [0.15, 0.2) is 11.7 Å². The molecule has 5 N–H and O–H groups in total. The first-order valence-electron chi connectivity index (χ1n) is 14.5. The minimum atomic E-state index is -1.21. The Bertz CT molecular complexity index is 1270. The van der Waals surface area contributed by atoms with Crippen LogP contribution in [0.5, 0.6) is 0 Å². The minimum Gasteiger partial charge on any atom is -0.394 e. The number of anilines is 1. The summed E-state index contributed by atoms with van der Waals surface area (Å²) in [7, 11) is 0. The number of aliphatic hydroxyl groups is 3. The van der Waals surface area contributed by atoms with Gasteiger partial charge < -0.3 is 25.8 Å². The number of nitrogen functional groups attached to an aromatic ring is 1. The van der Waals surface area contributed by atoms with E-state index < -0.39 is 31.1 Å². The first-order valence-corrected chi connectivity index (χ1v) is 14.5. The Morgan fingerprint density at radius 2 is 2.03 bits per heavy atom. The van der Waals surface area contributed by atoms with Crippen LogP contribution in [-0.2, 0) is 11.3 Å². The van der Waals surface area contributed by atoms with Crippen molar-refractivity contribution in [1.29, 1.82) is 0 Å². The number of aliphatic hydroxyl groups excluding tert-OH is 3. The zero-order chi connectivity index (χ0) is 28.1. The molecule has 0 aromatic carbocycles. The second-order valence-corrected chi connectivity index (χ2v) is 13.0. The molecule has 0 bridgehead atoms. The number of hydrogen-bond donors (Lipinski definition) is 4. The summed E-state index contributed by atoms with van der Waals surface area (Å²) in [6.45, 7) is 12.2. The van der Waals surface area contributed by atoms with Crippen LogP contribution in [0.3, 0.4) is 0 Å². The van der Waals surface area contributed by atoms with Crippen molar-refractivity contribution in [2.45, 2.75) is 104 Å². The number of imidazole rings is 1. The molecule has 2 aliphatic carbocycles. The number of allylic oxidation sites excluding steroid dienone is 4. The molecular weight excluding hydrogens is 494 g/mol. The summed E-state index contributed by atoms with van der Waals surface area (Å²) in [4.78, 5) is 8.97. The van der Waals surface area contributed by atoms with Crippen LogP contribution in [0.4, 0.5) is 5.82 Å². The summed E-state index contributed by atoms with van der Waals surface area (Å²) >= 11 is 0. The molecule has 1 saturated heterocycles. The minimum absolute atomic E-state index is 0.311. The highest BCUT2D eigenvalue weighted by atomic mass is 16.6. The maximum atomic E-state index is 10.4. The van der Waals surface area contributed by atoms with Crippen LogP contribution in [0, 0.1) is 22.7 Å². The lowest BCUT2D eigenvalue weighted by Crippen LogP contribution is -2.43. The Kier molecular flexibility index (Phi) is 7.65. The number of aromatic nitrogens is 4. The number of nitrogens with zero attached hydrogens (tertiary/aromatic N) is 4. The van der Waals surface area contributed by atoms with E-state index in [9.17, 15) is 15.3 Å². The fourth-order valence-corrected chi connectivity index (χ4v) is 7.21. The molecule has 3 heterocycles. The molecule has 214 valence electrons. The van der Waals surface area contributed by atoms with Gasteiger partial charge in [-0.2, -0.15) is 0 Å². The lowest BCUT2D eigenvalue weighted by molar-refractivity contribution is -0.674. The molecule has 0 amide bonds. The second-order valence-electron chi connectivity index (χ2n) is 13.0. The number of rotatable bonds is 7. The van der Waals surface area contributed by atoms with Gasteiger partial charge in [-0.25, -0.2) is 9.55 Å². The first-order chi connectivity index (χ1) is 18.5. The summed E-state index contributed by atoms with van der Waals surface area (Å²) in [5.74, 6) is 1.83. The van der Waals surface area contributed by atoms with Gasteiger partial charge in [-0.1, -0.05) is 62.4 Å². The van der Waals surface area contributed by atoms with E-state index in [0.29, 0.717) is 46.2 Å². The highest BCUT2D eigenvalue weighted by Crippen LogP contribution is 2.58. The van der Waals surface area contributed by atoms with Crippen LogP contribution < -0.4 is 10.3 Å². The highest BCUT2D eigenvalue weighted by molar-refractivity contribution is 5.79. The molecule has 2 fully saturated rings. The summed E-state index contributed by atoms with van der Waals surface area (Å²) in [5, 5.41) is 30.0. The molecule has 5 rings (SSSR count). The van der Waals surface area contributed by atoms with Crippen LogP contribution in [0.1, 0.15) is 79.4 Å². The van der Waals surface area contributed by atoms with Gasteiger partial charge in [0.05, 0.1) is 13.2 Å². The van der Waals surface area contributed by atoms with E-state index in [1.807, 2.05) is 4.57 Å². The van der Waals surface area contributed by atoms with E-state index in [1.165, 1.54) is 44.0 Å². The molecule has 9 heteroatoms. The predicted molar refractivity (Wildman–Crippen MR) is 149 cm³/mol. The summed E-state index contributed by atoms with van der Waals surface area (Å²) in [6.07, 6.45) is 11.1. The van der Waals surface area contributed by atoms with Crippen molar-refractivity contribution in [3.63, 3.8) is 0 Å². The van der Waals surface area contributed by atoms with E-state index in [4.69, 9.17) is 10.5 Å². The Morgan fingerprint density at radius 3 is 2.74 bits per heavy atom. The number of fused-ring (bicyclic) bond motifs is 2. The third-order valence-corrected chi connectivity index (χ3v) is 10.2. The standard InChI is InChI=1S/C30H45N5O4/c1-18(10-13-30(5)19(2)8-9-20-21(30)7-6-12-29(20,3)4)11-14-34-16-33-27-23(26(34)31)32-17-35(27)28-25(38)24(37)22(15-36)39-28/h9,11,16-17,19,21-22,24-25,28,31,36-38H,6-8,10,12-15H2,1-5H3/p+1/b18-11+/t19-,21+,22+,24?,25-,28+,30+/m0/s1. The Balaban J connectivity index is 1.28. The summed E-state index contributed by atoms with van der Waals surface area (Å²) in [6, 6.07) is 0. The normalized spacial score (nSPS) is 34.8. The molecule has 0 spiro atoms. The van der Waals surface area contributed by atoms with Crippen molar-refractivity contribution in [2.24, 2.45) is 22.7 Å². The monoisotopic (exact) mass is 540 g/mol. The van der Waals surface area contributed by atoms with Crippen molar-refractivity contribution < 1.29 is 24.6 Å². The van der Waals surface area contributed by atoms with Crippen LogP contribution in [0.25, 0.3) is 11.2 Å². The van der Waals surface area contributed by atoms with Gasteiger partial charge in [-0.15, -0.1) is 0 Å². The average molecular weight is 541 g/mol. The van der Waals surface area contributed by atoms with Crippen LogP contribution in [0.15, 0.2) is 36.0 Å². The zero-order valence-electron chi connectivity index (χ0n) is 24.0. The molecule has 7 atom stereocenters. The SMILES string of the molecule is C/C(=C\C[n+]1cnc2c(ncn2[C@@H]2O[C@H](CO)C(O)[C@@H]2O)c1N)CC[C@@]1(C)[C@@H]2CCCC(C)(C)C2=CC[C@@H]1C. The van der Waals surface area contributed by atoms with E-state index in [-0.39, 0.29) is 0 Å². The fraction of sp³-hybridized carbons (Fsp3) is 0.700. The molecule has 2 aromatic rings. The lowest BCUT2D eigenvalue weighted by atomic mass is 9.52. The Hall–Kier alpha value is -2.33. The maximum Gasteiger partial charge on any atom is 0.251 e. The van der Waals surface area contributed by atoms with Gasteiger partial charge in [0.25, 0.3) is 5.82 Å². The van der Waals surface area contributed by atoms with E-state index in [0.717, 1.165) is 6.42 Å². The topological polar surface area (TPSA) is 131 Å². The summed E-state index contributed by atoms with van der Waals surface area (Å²) in [5.41, 5.74) is 11.1. The Labute approximate surface area is 231 Å². The van der Waals surface area contributed by atoms with Crippen molar-refractivity contribution >= 4 is 17.0 Å². The van der Waals surface area contributed by atoms with Gasteiger partial charge in [-0.05, 0) is 61.7 Å². The lowest BCUT2D eigenvalue weighted by Gasteiger charge is -2.53. The van der Waals surface area contributed by atoms with Crippen LogP contribution in [0.2, 0.25) is 0 Å². The van der Waals surface area contributed by atoms with E-state index >= 15 is 0 Å². The third-order valence-electron chi connectivity index (χ3n) is 10.2. The molecule has 1 unspecified atom stereocenters. The number of ether oxygens (including phenoxy) is 1. The molecule has 1 aliphatic heterocycles. The van der Waals surface area contributed by atoms with Crippen LogP contribution in [-0.4, -0.2) is 54.8 Å². The molecule has 1 saturated carbocycles. The number of hydrogen-bond acceptors (Lipinski definition) is 7. The van der Waals surface area contributed by atoms with Gasteiger partial charge in [0.1, 0.15) is 24.6 Å². The quantitative estimate of drug-likeness (QED) is 0.313. The van der Waals surface area contributed by atoms with E-state index in [2.05, 4.69) is 56.7 Å². The second kappa shape index (κ2) is 10.6. The van der Waals surface area contributed by atoms with Crippen molar-refractivity contribution in [3.05, 3.63) is 36.0 Å². The molecule has 3 aliphatic rings. The highest BCUT2D eigenvalue weighted by Gasteiger charge is 2.48. The van der Waals surface area contributed by atoms with Gasteiger partial charge in [-0.3, -0.25) is 4.57 Å². The van der Waals surface area contributed by atoms with E-state index in [1.54, 1.807) is 16.5 Å². The predicted octanol–water partition coefficient (Wildman–Crippen LogP) is 3.44. The maximum absolute atomic E-state index is 10.4. The van der Waals surface area contributed by atoms with Gasteiger partial charge >= 0.3 is 0 Å². The first kappa shape index (κ1) is 28.2. The zero-order valence-corrected chi connectivity index (χ0v) is 24.0. The molecule has 2 aromatic heterocycles. The molecular formula is C30H46N5O4+. The van der Waals surface area contributed by atoms with Crippen LogP contribution >= 0.6 is 0 Å². The van der Waals surface area contributed by atoms with Crippen molar-refractivity contribution in [2.75, 3.05) is 12.3 Å². The average Bonchev–Trinajstić information content (AvgIpc) is 3.45. The smallest absolute Gasteiger partial charge is 0.251 e. The van der Waals surface area contributed by atoms with Crippen molar-refractivity contribution in [3.8, 4) is 0 Å². The van der Waals surface area contributed by atoms with Gasteiger partial charge in [0.2, 0.25) is 12.0 Å². The van der Waals surface area contributed by atoms with Gasteiger partial charge in [0, 0.05) is 0 Å². The molecule has 39 heavy (non-hydrogen) atoms. The molecule has 9 nitrogen and oxygen atoms in total.